The summed E-state index contributed by atoms with van der Waals surface area (Å²) >= 11 is 12.8. The second-order valence-corrected chi connectivity index (χ2v) is 6.93. The van der Waals surface area contributed by atoms with Crippen LogP contribution in [-0.4, -0.2) is 18.2 Å². The number of hydrogen-bond donors (Lipinski definition) is 1. The smallest absolute Gasteiger partial charge is 0.144 e. The predicted octanol–water partition coefficient (Wildman–Crippen LogP) is 5.94. The van der Waals surface area contributed by atoms with Crippen molar-refractivity contribution in [3.05, 3.63) is 63.8 Å². The minimum absolute atomic E-state index is 0.144. The maximum absolute atomic E-state index is 10.6. The maximum Gasteiger partial charge on any atom is 0.144 e. The van der Waals surface area contributed by atoms with Gasteiger partial charge in [-0.2, -0.15) is 5.06 Å². The number of hydrogen-bond acceptors (Lipinski definition) is 4. The number of hydroxylamine groups is 1. The van der Waals surface area contributed by atoms with Crippen LogP contribution in [0.1, 0.15) is 32.4 Å². The second kappa shape index (κ2) is 7.68. The highest BCUT2D eigenvalue weighted by Crippen LogP contribution is 2.44. The number of allylic oxidation sites excluding steroid dienone is 1. The number of anilines is 2. The molecule has 0 bridgehead atoms. The zero-order valence-electron chi connectivity index (χ0n) is 15.0. The van der Waals surface area contributed by atoms with E-state index >= 15 is 0 Å². The largest absolute Gasteiger partial charge is 0.506 e. The lowest BCUT2D eigenvalue weighted by Crippen LogP contribution is -2.24. The van der Waals surface area contributed by atoms with Crippen LogP contribution in [0.15, 0.2) is 48.2 Å². The lowest BCUT2D eigenvalue weighted by Gasteiger charge is -2.28. The van der Waals surface area contributed by atoms with Gasteiger partial charge in [0.05, 0.1) is 0 Å². The number of benzene rings is 2. The van der Waals surface area contributed by atoms with Crippen LogP contribution in [0.25, 0.3) is 0 Å². The molecule has 2 aromatic carbocycles. The molecule has 138 valence electrons. The third-order valence-electron chi connectivity index (χ3n) is 4.51. The fraction of sp³-hybridized carbons (Fsp3) is 0.300. The van der Waals surface area contributed by atoms with Crippen molar-refractivity contribution >= 4 is 34.6 Å². The summed E-state index contributed by atoms with van der Waals surface area (Å²) in [4.78, 5) is 8.03. The van der Waals surface area contributed by atoms with Crippen LogP contribution in [0.4, 0.5) is 11.4 Å². The standard InChI is InChI=1S/C20H22Cl2N2O2/c1-4-23(5-2)14-9-10-17(19(25)12-14)24-18(11-13(3)26-24)20-15(21)7-6-8-16(20)22/h6-12,18,25H,4-5H2,1-3H3. The lowest BCUT2D eigenvalue weighted by molar-refractivity contribution is 0.193. The highest BCUT2D eigenvalue weighted by Gasteiger charge is 2.32. The van der Waals surface area contributed by atoms with E-state index in [4.69, 9.17) is 28.0 Å². The fourth-order valence-corrected chi connectivity index (χ4v) is 3.83. The molecule has 4 nitrogen and oxygen atoms in total. The summed E-state index contributed by atoms with van der Waals surface area (Å²) in [5, 5.41) is 13.4. The van der Waals surface area contributed by atoms with Crippen molar-refractivity contribution in [2.24, 2.45) is 0 Å². The molecule has 1 aliphatic rings. The zero-order chi connectivity index (χ0) is 18.8. The summed E-state index contributed by atoms with van der Waals surface area (Å²) in [6.07, 6.45) is 1.94. The molecule has 1 N–H and O–H groups in total. The van der Waals surface area contributed by atoms with Gasteiger partial charge in [-0.15, -0.1) is 0 Å². The van der Waals surface area contributed by atoms with Gasteiger partial charge in [-0.25, -0.2) is 0 Å². The van der Waals surface area contributed by atoms with Crippen LogP contribution in [0.2, 0.25) is 10.0 Å². The fourth-order valence-electron chi connectivity index (χ4n) is 3.21. The summed E-state index contributed by atoms with van der Waals surface area (Å²) in [6.45, 7) is 7.77. The number of phenols is 1. The molecule has 3 rings (SSSR count). The van der Waals surface area contributed by atoms with Crippen molar-refractivity contribution in [1.29, 1.82) is 0 Å². The van der Waals surface area contributed by atoms with Gasteiger partial charge in [0.15, 0.2) is 0 Å². The van der Waals surface area contributed by atoms with Crippen LogP contribution in [0.5, 0.6) is 5.75 Å². The molecule has 0 saturated carbocycles. The van der Waals surface area contributed by atoms with Crippen molar-refractivity contribution in [2.75, 3.05) is 23.1 Å². The molecule has 1 heterocycles. The van der Waals surface area contributed by atoms with Gasteiger partial charge in [-0.3, -0.25) is 0 Å². The van der Waals surface area contributed by atoms with Crippen LogP contribution >= 0.6 is 23.2 Å². The summed E-state index contributed by atoms with van der Waals surface area (Å²) in [5.74, 6) is 0.865. The average Bonchev–Trinajstić information content (AvgIpc) is 2.97. The monoisotopic (exact) mass is 392 g/mol. The minimum atomic E-state index is -0.318. The Bertz CT molecular complexity index is 814. The Morgan fingerprint density at radius 2 is 1.77 bits per heavy atom. The minimum Gasteiger partial charge on any atom is -0.506 e. The first-order valence-corrected chi connectivity index (χ1v) is 9.39. The van der Waals surface area contributed by atoms with Crippen molar-refractivity contribution in [1.82, 2.24) is 0 Å². The zero-order valence-corrected chi connectivity index (χ0v) is 16.6. The van der Waals surface area contributed by atoms with E-state index in [1.165, 1.54) is 0 Å². The Hall–Kier alpha value is -2.04. The van der Waals surface area contributed by atoms with Gasteiger partial charge in [0.2, 0.25) is 0 Å². The first kappa shape index (κ1) is 18.7. The molecule has 2 aromatic rings. The van der Waals surface area contributed by atoms with E-state index in [1.807, 2.05) is 25.1 Å². The van der Waals surface area contributed by atoms with E-state index in [-0.39, 0.29) is 11.8 Å². The van der Waals surface area contributed by atoms with Gasteiger partial charge in [-0.1, -0.05) is 29.3 Å². The molecule has 0 spiro atoms. The highest BCUT2D eigenvalue weighted by atomic mass is 35.5. The molecule has 0 fully saturated rings. The normalized spacial score (nSPS) is 16.4. The van der Waals surface area contributed by atoms with E-state index in [0.717, 1.165) is 30.1 Å². The van der Waals surface area contributed by atoms with Crippen LogP contribution < -0.4 is 9.96 Å². The summed E-state index contributed by atoms with van der Waals surface area (Å²) in [7, 11) is 0. The van der Waals surface area contributed by atoms with Crippen molar-refractivity contribution < 1.29 is 9.94 Å². The maximum atomic E-state index is 10.6. The molecule has 0 aromatic heterocycles. The third-order valence-corrected chi connectivity index (χ3v) is 5.17. The topological polar surface area (TPSA) is 35.9 Å². The Morgan fingerprint density at radius 3 is 2.35 bits per heavy atom. The Morgan fingerprint density at radius 1 is 1.12 bits per heavy atom. The number of rotatable bonds is 5. The first-order chi connectivity index (χ1) is 12.5. The van der Waals surface area contributed by atoms with E-state index in [0.29, 0.717) is 15.7 Å². The predicted molar refractivity (Wildman–Crippen MR) is 108 cm³/mol. The van der Waals surface area contributed by atoms with E-state index in [1.54, 1.807) is 29.3 Å². The highest BCUT2D eigenvalue weighted by molar-refractivity contribution is 6.36. The Kier molecular flexibility index (Phi) is 5.54. The van der Waals surface area contributed by atoms with Crippen LogP contribution in [0.3, 0.4) is 0 Å². The number of phenolic OH excluding ortho intramolecular Hbond substituents is 1. The molecular weight excluding hydrogens is 371 g/mol. The SMILES string of the molecule is CCN(CC)c1ccc(N2OC(C)=CC2c2c(Cl)cccc2Cl)c(O)c1. The van der Waals surface area contributed by atoms with Gasteiger partial charge >= 0.3 is 0 Å². The molecule has 1 aliphatic heterocycles. The molecule has 0 amide bonds. The summed E-state index contributed by atoms with van der Waals surface area (Å²) in [5.41, 5.74) is 2.28. The number of aromatic hydroxyl groups is 1. The molecule has 1 unspecified atom stereocenters. The van der Waals surface area contributed by atoms with E-state index < -0.39 is 0 Å². The van der Waals surface area contributed by atoms with Crippen molar-refractivity contribution in [3.8, 4) is 5.75 Å². The molecule has 26 heavy (non-hydrogen) atoms. The first-order valence-electron chi connectivity index (χ1n) is 8.63. The van der Waals surface area contributed by atoms with Gasteiger partial charge in [0.1, 0.15) is 23.2 Å². The Labute approximate surface area is 164 Å². The quantitative estimate of drug-likeness (QED) is 0.682. The second-order valence-electron chi connectivity index (χ2n) is 6.12. The van der Waals surface area contributed by atoms with Gasteiger partial charge in [0.25, 0.3) is 0 Å². The third kappa shape index (κ3) is 3.44. The molecule has 0 radical (unpaired) electrons. The number of halogens is 2. The van der Waals surface area contributed by atoms with Gasteiger partial charge < -0.3 is 14.8 Å². The molecule has 6 heteroatoms. The summed E-state index contributed by atoms with van der Waals surface area (Å²) in [6, 6.07) is 10.7. The lowest BCUT2D eigenvalue weighted by atomic mass is 10.1. The van der Waals surface area contributed by atoms with Crippen LogP contribution in [0, 0.1) is 0 Å². The van der Waals surface area contributed by atoms with Crippen molar-refractivity contribution in [3.63, 3.8) is 0 Å². The van der Waals surface area contributed by atoms with Gasteiger partial charge in [0, 0.05) is 40.5 Å². The number of nitrogens with zero attached hydrogens (tertiary/aromatic N) is 2. The van der Waals surface area contributed by atoms with Crippen molar-refractivity contribution in [2.45, 2.75) is 26.8 Å². The molecular formula is C20H22Cl2N2O2. The molecule has 1 atom stereocenters. The molecule has 0 saturated heterocycles. The van der Waals surface area contributed by atoms with Gasteiger partial charge in [-0.05, 0) is 51.1 Å². The Balaban J connectivity index is 2.01. The van der Waals surface area contributed by atoms with Crippen LogP contribution in [-0.2, 0) is 4.84 Å². The summed E-state index contributed by atoms with van der Waals surface area (Å²) < 4.78 is 0. The molecule has 0 aliphatic carbocycles. The average molecular weight is 393 g/mol. The van der Waals surface area contributed by atoms with E-state index in [2.05, 4.69) is 18.7 Å². The van der Waals surface area contributed by atoms with E-state index in [9.17, 15) is 5.11 Å².